The van der Waals surface area contributed by atoms with E-state index in [1.54, 1.807) is 0 Å². The second kappa shape index (κ2) is 6.86. The predicted octanol–water partition coefficient (Wildman–Crippen LogP) is 2.16. The Morgan fingerprint density at radius 3 is 2.60 bits per heavy atom. The smallest absolute Gasteiger partial charge is 0.265 e. The molecule has 3 N–H and O–H groups in total. The lowest BCUT2D eigenvalue weighted by atomic mass is 9.86. The summed E-state index contributed by atoms with van der Waals surface area (Å²) in [7, 11) is 0. The summed E-state index contributed by atoms with van der Waals surface area (Å²) >= 11 is 0. The highest BCUT2D eigenvalue weighted by molar-refractivity contribution is 5.95. The van der Waals surface area contributed by atoms with Crippen molar-refractivity contribution in [2.75, 3.05) is 13.1 Å². The van der Waals surface area contributed by atoms with E-state index in [4.69, 9.17) is 5.84 Å². The monoisotopic (exact) mass is 275 g/mol. The molecule has 1 amide bonds. The summed E-state index contributed by atoms with van der Waals surface area (Å²) in [4.78, 5) is 14.2. The highest BCUT2D eigenvalue weighted by Crippen LogP contribution is 2.25. The molecule has 0 aliphatic carbocycles. The Hall–Kier alpha value is -1.39. The van der Waals surface area contributed by atoms with E-state index in [1.807, 2.05) is 24.3 Å². The maximum absolute atomic E-state index is 11.8. The van der Waals surface area contributed by atoms with Crippen molar-refractivity contribution in [2.45, 2.75) is 33.2 Å². The Labute approximate surface area is 121 Å². The van der Waals surface area contributed by atoms with Gasteiger partial charge in [0.1, 0.15) is 0 Å². The molecule has 1 aromatic rings. The number of rotatable bonds is 4. The number of carbonyl (C=O) groups is 1. The zero-order valence-corrected chi connectivity index (χ0v) is 12.4. The molecule has 2 rings (SSSR count). The van der Waals surface area contributed by atoms with Crippen LogP contribution < -0.4 is 11.3 Å². The van der Waals surface area contributed by atoms with Crippen molar-refractivity contribution in [2.24, 2.45) is 17.7 Å². The van der Waals surface area contributed by atoms with Gasteiger partial charge in [-0.1, -0.05) is 32.0 Å². The van der Waals surface area contributed by atoms with Gasteiger partial charge in [0.15, 0.2) is 0 Å². The maximum Gasteiger partial charge on any atom is 0.265 e. The van der Waals surface area contributed by atoms with Crippen molar-refractivity contribution in [1.29, 1.82) is 0 Å². The molecule has 0 atom stereocenters. The van der Waals surface area contributed by atoms with E-state index < -0.39 is 0 Å². The Bertz CT molecular complexity index is 451. The van der Waals surface area contributed by atoms with Gasteiger partial charge in [-0.25, -0.2) is 5.84 Å². The Kier molecular flexibility index (Phi) is 5.15. The first-order chi connectivity index (χ1) is 9.61. The molecule has 0 bridgehead atoms. The Morgan fingerprint density at radius 1 is 1.35 bits per heavy atom. The lowest BCUT2D eigenvalue weighted by molar-refractivity contribution is 0.0950. The first kappa shape index (κ1) is 15.0. The fraction of sp³-hybridized carbons (Fsp3) is 0.562. The molecule has 0 radical (unpaired) electrons. The van der Waals surface area contributed by atoms with Gasteiger partial charge in [-0.3, -0.25) is 15.1 Å². The number of nitrogens with one attached hydrogen (secondary N) is 1. The van der Waals surface area contributed by atoms with Crippen LogP contribution in [0.3, 0.4) is 0 Å². The van der Waals surface area contributed by atoms with Crippen LogP contribution in [0.4, 0.5) is 0 Å². The van der Waals surface area contributed by atoms with Crippen LogP contribution in [0.2, 0.25) is 0 Å². The van der Waals surface area contributed by atoms with E-state index in [2.05, 4.69) is 24.2 Å². The van der Waals surface area contributed by atoms with Crippen molar-refractivity contribution in [1.82, 2.24) is 10.3 Å². The fourth-order valence-electron chi connectivity index (χ4n) is 2.98. The van der Waals surface area contributed by atoms with Gasteiger partial charge in [0.2, 0.25) is 0 Å². The summed E-state index contributed by atoms with van der Waals surface area (Å²) in [5.74, 6) is 6.65. The summed E-state index contributed by atoms with van der Waals surface area (Å²) < 4.78 is 0. The molecule has 4 heteroatoms. The molecule has 4 nitrogen and oxygen atoms in total. The number of hydrazine groups is 1. The average Bonchev–Trinajstić information content (AvgIpc) is 2.47. The van der Waals surface area contributed by atoms with Gasteiger partial charge in [-0.15, -0.1) is 0 Å². The normalized spacial score (nSPS) is 17.4. The zero-order valence-electron chi connectivity index (χ0n) is 12.4. The summed E-state index contributed by atoms with van der Waals surface area (Å²) in [5.41, 5.74) is 3.96. The molecule has 110 valence electrons. The minimum absolute atomic E-state index is 0.210. The molecule has 20 heavy (non-hydrogen) atoms. The number of nitrogens with two attached hydrogens (primary N) is 1. The summed E-state index contributed by atoms with van der Waals surface area (Å²) in [5, 5.41) is 0. The van der Waals surface area contributed by atoms with Crippen LogP contribution in [-0.2, 0) is 6.54 Å². The Morgan fingerprint density at radius 2 is 2.00 bits per heavy atom. The van der Waals surface area contributed by atoms with Crippen molar-refractivity contribution >= 4 is 5.91 Å². The minimum atomic E-state index is -0.210. The number of hydrogen-bond acceptors (Lipinski definition) is 3. The van der Waals surface area contributed by atoms with Gasteiger partial charge in [0, 0.05) is 12.1 Å². The molecule has 1 heterocycles. The Balaban J connectivity index is 1.99. The number of amides is 1. The van der Waals surface area contributed by atoms with Crippen LogP contribution in [0.5, 0.6) is 0 Å². The summed E-state index contributed by atoms with van der Waals surface area (Å²) in [6.07, 6.45) is 2.51. The van der Waals surface area contributed by atoms with Crippen molar-refractivity contribution in [3.8, 4) is 0 Å². The molecule has 1 saturated heterocycles. The van der Waals surface area contributed by atoms with Gasteiger partial charge >= 0.3 is 0 Å². The van der Waals surface area contributed by atoms with Crippen molar-refractivity contribution in [3.05, 3.63) is 35.4 Å². The lowest BCUT2D eigenvalue weighted by Crippen LogP contribution is -2.36. The standard InChI is InChI=1S/C16H25N3O/c1-12(2)13-7-9-19(10-8-13)11-14-5-3-4-6-15(14)16(20)18-17/h3-6,12-13H,7-11,17H2,1-2H3,(H,18,20). The van der Waals surface area contributed by atoms with E-state index in [9.17, 15) is 4.79 Å². The van der Waals surface area contributed by atoms with Gasteiger partial charge in [0.05, 0.1) is 0 Å². The molecule has 1 aromatic carbocycles. The van der Waals surface area contributed by atoms with Crippen LogP contribution >= 0.6 is 0 Å². The third-order valence-electron chi connectivity index (χ3n) is 4.36. The molecule has 0 saturated carbocycles. The number of nitrogen functional groups attached to an aromatic ring is 1. The van der Waals surface area contributed by atoms with Gasteiger partial charge < -0.3 is 0 Å². The van der Waals surface area contributed by atoms with E-state index in [1.165, 1.54) is 12.8 Å². The number of piperidine rings is 1. The SMILES string of the molecule is CC(C)C1CCN(Cc2ccccc2C(=O)NN)CC1. The lowest BCUT2D eigenvalue weighted by Gasteiger charge is -2.34. The van der Waals surface area contributed by atoms with Crippen LogP contribution in [0, 0.1) is 11.8 Å². The number of nitrogens with zero attached hydrogens (tertiary/aromatic N) is 1. The largest absolute Gasteiger partial charge is 0.299 e. The van der Waals surface area contributed by atoms with E-state index >= 15 is 0 Å². The predicted molar refractivity (Wildman–Crippen MR) is 80.9 cm³/mol. The third kappa shape index (κ3) is 3.58. The van der Waals surface area contributed by atoms with E-state index in [-0.39, 0.29) is 5.91 Å². The number of hydrogen-bond donors (Lipinski definition) is 2. The quantitative estimate of drug-likeness (QED) is 0.503. The number of likely N-dealkylation sites (tertiary alicyclic amines) is 1. The van der Waals surface area contributed by atoms with Crippen molar-refractivity contribution < 1.29 is 4.79 Å². The summed E-state index contributed by atoms with van der Waals surface area (Å²) in [6, 6.07) is 7.69. The summed E-state index contributed by atoms with van der Waals surface area (Å²) in [6.45, 7) is 7.67. The molecule has 0 unspecified atom stereocenters. The van der Waals surface area contributed by atoms with Gasteiger partial charge in [-0.2, -0.15) is 0 Å². The van der Waals surface area contributed by atoms with Gasteiger partial charge in [-0.05, 0) is 49.4 Å². The van der Waals surface area contributed by atoms with Crippen LogP contribution in [-0.4, -0.2) is 23.9 Å². The topological polar surface area (TPSA) is 58.4 Å². The molecule has 0 spiro atoms. The first-order valence-electron chi connectivity index (χ1n) is 7.43. The average molecular weight is 275 g/mol. The van der Waals surface area contributed by atoms with Gasteiger partial charge in [0.25, 0.3) is 5.91 Å². The highest BCUT2D eigenvalue weighted by atomic mass is 16.2. The fourth-order valence-corrected chi connectivity index (χ4v) is 2.98. The maximum atomic E-state index is 11.8. The van der Waals surface area contributed by atoms with Crippen LogP contribution in [0.15, 0.2) is 24.3 Å². The first-order valence-corrected chi connectivity index (χ1v) is 7.43. The highest BCUT2D eigenvalue weighted by Gasteiger charge is 2.22. The number of carbonyl (C=O) groups excluding carboxylic acids is 1. The molecular weight excluding hydrogens is 250 g/mol. The van der Waals surface area contributed by atoms with E-state index in [0.717, 1.165) is 37.0 Å². The zero-order chi connectivity index (χ0) is 14.5. The third-order valence-corrected chi connectivity index (χ3v) is 4.36. The number of benzene rings is 1. The molecule has 1 aliphatic rings. The van der Waals surface area contributed by atoms with Crippen LogP contribution in [0.1, 0.15) is 42.6 Å². The minimum Gasteiger partial charge on any atom is -0.299 e. The molecular formula is C16H25N3O. The van der Waals surface area contributed by atoms with Crippen molar-refractivity contribution in [3.63, 3.8) is 0 Å². The molecule has 1 aliphatic heterocycles. The van der Waals surface area contributed by atoms with Crippen LogP contribution in [0.25, 0.3) is 0 Å². The molecule has 0 aromatic heterocycles. The molecule has 1 fully saturated rings. The second-order valence-electron chi connectivity index (χ2n) is 5.99. The second-order valence-corrected chi connectivity index (χ2v) is 5.99. The van der Waals surface area contributed by atoms with E-state index in [0.29, 0.717) is 5.56 Å².